The van der Waals surface area contributed by atoms with Gasteiger partial charge in [0.15, 0.2) is 0 Å². The van der Waals surface area contributed by atoms with Crippen LogP contribution in [0.3, 0.4) is 0 Å². The molecule has 2 rings (SSSR count). The number of carboxylic acid groups (broad SMARTS) is 1. The van der Waals surface area contributed by atoms with E-state index in [9.17, 15) is 4.79 Å². The van der Waals surface area contributed by atoms with E-state index in [1.54, 1.807) is 0 Å². The van der Waals surface area contributed by atoms with Gasteiger partial charge in [-0.25, -0.2) is 0 Å². The largest absolute Gasteiger partial charge is 0.481 e. The molecule has 0 saturated carbocycles. The van der Waals surface area contributed by atoms with Crippen LogP contribution >= 0.6 is 0 Å². The molecule has 2 aromatic rings. The zero-order chi connectivity index (χ0) is 13.2. The molecule has 1 N–H and O–H groups in total. The van der Waals surface area contributed by atoms with E-state index in [1.807, 2.05) is 48.5 Å². The Kier molecular flexibility index (Phi) is 6.26. The molecule has 2 aromatic carbocycles. The average molecular weight is 242 g/mol. The summed E-state index contributed by atoms with van der Waals surface area (Å²) < 4.78 is 0. The predicted molar refractivity (Wildman–Crippen MR) is 73.6 cm³/mol. The monoisotopic (exact) mass is 242 g/mol. The van der Waals surface area contributed by atoms with Gasteiger partial charge in [-0.3, -0.25) is 4.79 Å². The van der Waals surface area contributed by atoms with E-state index in [-0.39, 0.29) is 6.42 Å². The second-order valence-corrected chi connectivity index (χ2v) is 4.03. The Labute approximate surface area is 108 Å². The van der Waals surface area contributed by atoms with Crippen molar-refractivity contribution in [3.63, 3.8) is 0 Å². The van der Waals surface area contributed by atoms with Gasteiger partial charge in [0.25, 0.3) is 0 Å². The Bertz CT molecular complexity index is 449. The topological polar surface area (TPSA) is 37.3 Å². The molecule has 18 heavy (non-hydrogen) atoms. The van der Waals surface area contributed by atoms with Gasteiger partial charge >= 0.3 is 5.97 Å². The first kappa shape index (κ1) is 14.0. The molecule has 0 atom stereocenters. The first-order chi connectivity index (χ1) is 8.68. The highest BCUT2D eigenvalue weighted by Gasteiger charge is 1.96. The van der Waals surface area contributed by atoms with Crippen LogP contribution in [0.5, 0.6) is 0 Å². The van der Waals surface area contributed by atoms with E-state index in [0.29, 0.717) is 6.42 Å². The summed E-state index contributed by atoms with van der Waals surface area (Å²) in [6.07, 6.45) is 0.834. The van der Waals surface area contributed by atoms with Crippen LogP contribution in [-0.4, -0.2) is 11.1 Å². The molecule has 0 aliphatic rings. The SMILES string of the molecule is Cc1ccccc1.O=C(O)CCc1ccccc1. The Morgan fingerprint density at radius 1 is 0.944 bits per heavy atom. The van der Waals surface area contributed by atoms with Crippen molar-refractivity contribution in [2.24, 2.45) is 0 Å². The standard InChI is InChI=1S/C9H10O2.C7H8/c10-9(11)7-6-8-4-2-1-3-5-8;1-7-5-3-2-4-6-7/h1-5H,6-7H2,(H,10,11);2-6H,1H3. The molecular formula is C16H18O2. The zero-order valence-corrected chi connectivity index (χ0v) is 10.5. The van der Waals surface area contributed by atoms with Crippen molar-refractivity contribution in [1.29, 1.82) is 0 Å². The molecule has 0 saturated heterocycles. The third-order valence-electron chi connectivity index (χ3n) is 2.41. The summed E-state index contributed by atoms with van der Waals surface area (Å²) >= 11 is 0. The van der Waals surface area contributed by atoms with E-state index in [2.05, 4.69) is 19.1 Å². The molecule has 0 radical (unpaired) electrons. The molecule has 0 aromatic heterocycles. The predicted octanol–water partition coefficient (Wildman–Crippen LogP) is 3.70. The van der Waals surface area contributed by atoms with Gasteiger partial charge in [-0.15, -0.1) is 0 Å². The number of rotatable bonds is 3. The number of hydrogen-bond donors (Lipinski definition) is 1. The highest BCUT2D eigenvalue weighted by Crippen LogP contribution is 2.01. The maximum Gasteiger partial charge on any atom is 0.303 e. The quantitative estimate of drug-likeness (QED) is 0.891. The Morgan fingerprint density at radius 2 is 1.44 bits per heavy atom. The summed E-state index contributed by atoms with van der Waals surface area (Å²) in [6, 6.07) is 19.9. The molecule has 2 heteroatoms. The fourth-order valence-corrected chi connectivity index (χ4v) is 1.43. The third-order valence-corrected chi connectivity index (χ3v) is 2.41. The maximum absolute atomic E-state index is 10.2. The summed E-state index contributed by atoms with van der Waals surface area (Å²) in [4.78, 5) is 10.2. The normalized spacial score (nSPS) is 9.17. The van der Waals surface area contributed by atoms with Crippen molar-refractivity contribution in [3.8, 4) is 0 Å². The van der Waals surface area contributed by atoms with Gasteiger partial charge in [0.2, 0.25) is 0 Å². The van der Waals surface area contributed by atoms with Crippen molar-refractivity contribution in [2.75, 3.05) is 0 Å². The molecule has 0 heterocycles. The first-order valence-corrected chi connectivity index (χ1v) is 5.96. The van der Waals surface area contributed by atoms with Crippen LogP contribution in [0.2, 0.25) is 0 Å². The average Bonchev–Trinajstić information content (AvgIpc) is 2.39. The second-order valence-electron chi connectivity index (χ2n) is 4.03. The smallest absolute Gasteiger partial charge is 0.303 e. The maximum atomic E-state index is 10.2. The van der Waals surface area contributed by atoms with Gasteiger partial charge in [0, 0.05) is 6.42 Å². The minimum Gasteiger partial charge on any atom is -0.481 e. The van der Waals surface area contributed by atoms with Crippen LogP contribution < -0.4 is 0 Å². The van der Waals surface area contributed by atoms with Crippen LogP contribution in [0, 0.1) is 6.92 Å². The number of benzene rings is 2. The Balaban J connectivity index is 0.000000199. The zero-order valence-electron chi connectivity index (χ0n) is 10.5. The van der Waals surface area contributed by atoms with Crippen molar-refractivity contribution >= 4 is 5.97 Å². The van der Waals surface area contributed by atoms with Crippen LogP contribution in [0.25, 0.3) is 0 Å². The minimum atomic E-state index is -0.742. The number of aliphatic carboxylic acids is 1. The molecular weight excluding hydrogens is 224 g/mol. The highest BCUT2D eigenvalue weighted by atomic mass is 16.4. The first-order valence-electron chi connectivity index (χ1n) is 5.96. The lowest BCUT2D eigenvalue weighted by Crippen LogP contribution is -1.96. The molecule has 2 nitrogen and oxygen atoms in total. The van der Waals surface area contributed by atoms with Crippen molar-refractivity contribution in [2.45, 2.75) is 19.8 Å². The van der Waals surface area contributed by atoms with Crippen LogP contribution in [0.1, 0.15) is 17.5 Å². The van der Waals surface area contributed by atoms with Gasteiger partial charge in [0.05, 0.1) is 0 Å². The molecule has 0 amide bonds. The Hall–Kier alpha value is -2.09. The molecule has 0 fully saturated rings. The van der Waals surface area contributed by atoms with Crippen molar-refractivity contribution in [3.05, 3.63) is 71.8 Å². The van der Waals surface area contributed by atoms with E-state index >= 15 is 0 Å². The lowest BCUT2D eigenvalue weighted by atomic mass is 10.1. The summed E-state index contributed by atoms with van der Waals surface area (Å²) in [6.45, 7) is 2.08. The van der Waals surface area contributed by atoms with Crippen molar-refractivity contribution in [1.82, 2.24) is 0 Å². The fraction of sp³-hybridized carbons (Fsp3) is 0.188. The summed E-state index contributed by atoms with van der Waals surface area (Å²) in [5, 5.41) is 8.37. The molecule has 94 valence electrons. The van der Waals surface area contributed by atoms with Gasteiger partial charge in [-0.05, 0) is 18.9 Å². The van der Waals surface area contributed by atoms with E-state index in [1.165, 1.54) is 5.56 Å². The lowest BCUT2D eigenvalue weighted by molar-refractivity contribution is -0.136. The summed E-state index contributed by atoms with van der Waals surface area (Å²) in [5.74, 6) is -0.742. The van der Waals surface area contributed by atoms with E-state index in [0.717, 1.165) is 5.56 Å². The second kappa shape index (κ2) is 8.07. The molecule has 0 aliphatic heterocycles. The summed E-state index contributed by atoms with van der Waals surface area (Å²) in [7, 11) is 0. The number of carbonyl (C=O) groups is 1. The van der Waals surface area contributed by atoms with Gasteiger partial charge < -0.3 is 5.11 Å². The lowest BCUT2D eigenvalue weighted by Gasteiger charge is -1.95. The van der Waals surface area contributed by atoms with Crippen LogP contribution in [-0.2, 0) is 11.2 Å². The number of hydrogen-bond acceptors (Lipinski definition) is 1. The van der Waals surface area contributed by atoms with Gasteiger partial charge in [-0.1, -0.05) is 66.2 Å². The molecule has 0 aliphatic carbocycles. The van der Waals surface area contributed by atoms with E-state index < -0.39 is 5.97 Å². The van der Waals surface area contributed by atoms with Crippen LogP contribution in [0.15, 0.2) is 60.7 Å². The third kappa shape index (κ3) is 6.48. The summed E-state index contributed by atoms with van der Waals surface area (Å²) in [5.41, 5.74) is 2.40. The van der Waals surface area contributed by atoms with Crippen molar-refractivity contribution < 1.29 is 9.90 Å². The van der Waals surface area contributed by atoms with Gasteiger partial charge in [0.1, 0.15) is 0 Å². The van der Waals surface area contributed by atoms with Crippen LogP contribution in [0.4, 0.5) is 0 Å². The molecule has 0 spiro atoms. The number of aryl methyl sites for hydroxylation is 2. The Morgan fingerprint density at radius 3 is 1.83 bits per heavy atom. The molecule has 0 unspecified atom stereocenters. The number of carboxylic acids is 1. The molecule has 0 bridgehead atoms. The fourth-order valence-electron chi connectivity index (χ4n) is 1.43. The minimum absolute atomic E-state index is 0.212. The van der Waals surface area contributed by atoms with E-state index in [4.69, 9.17) is 5.11 Å². The highest BCUT2D eigenvalue weighted by molar-refractivity contribution is 5.67. The van der Waals surface area contributed by atoms with Gasteiger partial charge in [-0.2, -0.15) is 0 Å².